The minimum absolute atomic E-state index is 0.131. The molecule has 0 saturated heterocycles. The number of hydrogen-bond donors (Lipinski definition) is 4. The van der Waals surface area contributed by atoms with E-state index in [1.807, 2.05) is 0 Å². The first-order valence-electron chi connectivity index (χ1n) is 6.36. The second-order valence-electron chi connectivity index (χ2n) is 4.88. The third-order valence-corrected chi connectivity index (χ3v) is 4.70. The fraction of sp³-hybridized carbons (Fsp3) is 0. The topological polar surface area (TPSA) is 132 Å². The highest BCUT2D eigenvalue weighted by atomic mass is 32.1. The van der Waals surface area contributed by atoms with Gasteiger partial charge in [0.25, 0.3) is 0 Å². The highest BCUT2D eigenvalue weighted by molar-refractivity contribution is 7.00. The van der Waals surface area contributed by atoms with Crippen LogP contribution in [0, 0.1) is 11.6 Å². The van der Waals surface area contributed by atoms with E-state index < -0.39 is 36.8 Å². The summed E-state index contributed by atoms with van der Waals surface area (Å²) in [6.45, 7) is 0. The molecule has 2 heterocycles. The van der Waals surface area contributed by atoms with E-state index in [1.54, 1.807) is 0 Å². The van der Waals surface area contributed by atoms with E-state index in [0.717, 1.165) is 0 Å². The van der Waals surface area contributed by atoms with Crippen molar-refractivity contribution in [3.63, 3.8) is 0 Å². The summed E-state index contributed by atoms with van der Waals surface area (Å²) in [6, 6.07) is 0. The van der Waals surface area contributed by atoms with E-state index in [9.17, 15) is 28.9 Å². The Kier molecular flexibility index (Phi) is 3.49. The van der Waals surface area contributed by atoms with Gasteiger partial charge in [-0.25, -0.2) is 8.78 Å². The highest BCUT2D eigenvalue weighted by Crippen LogP contribution is 2.32. The Morgan fingerprint density at radius 2 is 0.958 bits per heavy atom. The lowest BCUT2D eigenvalue weighted by Crippen LogP contribution is -2.36. The van der Waals surface area contributed by atoms with Gasteiger partial charge in [-0.3, -0.25) is 0 Å². The molecule has 0 saturated carbocycles. The van der Waals surface area contributed by atoms with Gasteiger partial charge in [-0.2, -0.15) is 17.5 Å². The van der Waals surface area contributed by atoms with Crippen molar-refractivity contribution < 1.29 is 28.9 Å². The molecule has 0 aliphatic carbocycles. The zero-order valence-electron chi connectivity index (χ0n) is 11.3. The van der Waals surface area contributed by atoms with E-state index in [0.29, 0.717) is 23.5 Å². The zero-order valence-corrected chi connectivity index (χ0v) is 12.9. The molecule has 0 aliphatic rings. The molecular weight excluding hydrogens is 364 g/mol. The smallest absolute Gasteiger partial charge is 0.423 e. The standard InChI is InChI=1S/C10H4B2F2N4O4S2/c13-5-1-2(8-10(18-24-16-8)3(5)11(19)20)6(14)4(12(21)22)9-7(1)15-23-17-9/h19-22H. The number of hydrogen-bond acceptors (Lipinski definition) is 10. The Hall–Kier alpha value is -1.83. The van der Waals surface area contributed by atoms with Crippen LogP contribution in [0.4, 0.5) is 8.78 Å². The Morgan fingerprint density at radius 3 is 1.29 bits per heavy atom. The SMILES string of the molecule is OB(O)c1c(F)c2c3nsnc3c(B(O)O)c(F)c2c2nsnc12. The monoisotopic (exact) mass is 368 g/mol. The largest absolute Gasteiger partial charge is 0.493 e. The molecule has 4 aromatic rings. The molecule has 2 aromatic heterocycles. The summed E-state index contributed by atoms with van der Waals surface area (Å²) in [5, 5.41) is 37.1. The molecule has 0 unspecified atom stereocenters. The first-order chi connectivity index (χ1) is 11.4. The van der Waals surface area contributed by atoms with Gasteiger partial charge in [-0.1, -0.05) is 0 Å². The maximum atomic E-state index is 14.9. The van der Waals surface area contributed by atoms with E-state index in [-0.39, 0.29) is 32.8 Å². The van der Waals surface area contributed by atoms with E-state index in [2.05, 4.69) is 17.5 Å². The lowest BCUT2D eigenvalue weighted by molar-refractivity contribution is 0.422. The van der Waals surface area contributed by atoms with E-state index >= 15 is 0 Å². The van der Waals surface area contributed by atoms with Crippen LogP contribution in [0.5, 0.6) is 0 Å². The van der Waals surface area contributed by atoms with Crippen molar-refractivity contribution in [1.82, 2.24) is 17.5 Å². The fourth-order valence-corrected chi connectivity index (χ4v) is 3.80. The number of fused-ring (bicyclic) bond motifs is 5. The average Bonchev–Trinajstić information content (AvgIpc) is 3.14. The molecule has 120 valence electrons. The Bertz CT molecular complexity index is 1030. The summed E-state index contributed by atoms with van der Waals surface area (Å²) >= 11 is 1.25. The van der Waals surface area contributed by atoms with Crippen LogP contribution in [0.1, 0.15) is 0 Å². The number of nitrogens with zero attached hydrogens (tertiary/aromatic N) is 4. The molecule has 8 nitrogen and oxygen atoms in total. The lowest BCUT2D eigenvalue weighted by atomic mass is 9.74. The van der Waals surface area contributed by atoms with Crippen LogP contribution in [0.15, 0.2) is 0 Å². The molecule has 0 aliphatic heterocycles. The molecule has 4 N–H and O–H groups in total. The van der Waals surface area contributed by atoms with Gasteiger partial charge in [0.2, 0.25) is 0 Å². The first-order valence-corrected chi connectivity index (χ1v) is 7.82. The Morgan fingerprint density at radius 1 is 0.625 bits per heavy atom. The molecule has 4 rings (SSSR count). The molecular formula is C10H4B2F2N4O4S2. The third-order valence-electron chi connectivity index (χ3n) is 3.64. The molecule has 24 heavy (non-hydrogen) atoms. The summed E-state index contributed by atoms with van der Waals surface area (Å²) in [5.74, 6) is -2.26. The summed E-state index contributed by atoms with van der Waals surface area (Å²) in [5.41, 5.74) is -1.82. The van der Waals surface area contributed by atoms with Gasteiger partial charge < -0.3 is 20.1 Å². The summed E-state index contributed by atoms with van der Waals surface area (Å²) in [7, 11) is -4.40. The van der Waals surface area contributed by atoms with Gasteiger partial charge in [0.05, 0.1) is 34.2 Å². The summed E-state index contributed by atoms with van der Waals surface area (Å²) in [6.07, 6.45) is 0. The number of halogens is 2. The maximum absolute atomic E-state index is 14.9. The van der Waals surface area contributed by atoms with Gasteiger partial charge in [0.15, 0.2) is 0 Å². The van der Waals surface area contributed by atoms with Crippen LogP contribution in [0.3, 0.4) is 0 Å². The normalized spacial score (nSPS) is 11.8. The van der Waals surface area contributed by atoms with Crippen molar-refractivity contribution in [3.8, 4) is 0 Å². The fourth-order valence-electron chi connectivity index (χ4n) is 2.67. The Labute approximate surface area is 139 Å². The number of aromatic nitrogens is 4. The van der Waals surface area contributed by atoms with Gasteiger partial charge in [-0.15, -0.1) is 0 Å². The van der Waals surface area contributed by atoms with Crippen LogP contribution in [0.25, 0.3) is 32.8 Å². The second-order valence-corrected chi connectivity index (χ2v) is 5.93. The molecule has 2 aromatic carbocycles. The number of rotatable bonds is 2. The maximum Gasteiger partial charge on any atom is 0.493 e. The zero-order chi connectivity index (χ0) is 17.2. The number of benzene rings is 2. The molecule has 0 radical (unpaired) electrons. The predicted molar refractivity (Wildman–Crippen MR) is 85.5 cm³/mol. The van der Waals surface area contributed by atoms with Gasteiger partial charge in [-0.05, 0) is 0 Å². The van der Waals surface area contributed by atoms with Gasteiger partial charge in [0.1, 0.15) is 33.7 Å². The van der Waals surface area contributed by atoms with Crippen LogP contribution >= 0.6 is 23.5 Å². The van der Waals surface area contributed by atoms with Gasteiger partial charge >= 0.3 is 14.2 Å². The quantitative estimate of drug-likeness (QED) is 0.314. The molecule has 14 heteroatoms. The molecule has 0 amide bonds. The molecule has 0 spiro atoms. The minimum atomic E-state index is -2.20. The van der Waals surface area contributed by atoms with E-state index in [4.69, 9.17) is 0 Å². The van der Waals surface area contributed by atoms with Crippen LogP contribution in [0.2, 0.25) is 0 Å². The van der Waals surface area contributed by atoms with Gasteiger partial charge in [0, 0.05) is 10.9 Å². The van der Waals surface area contributed by atoms with Crippen molar-refractivity contribution in [2.45, 2.75) is 0 Å². The molecule has 0 bridgehead atoms. The van der Waals surface area contributed by atoms with Crippen LogP contribution < -0.4 is 10.9 Å². The van der Waals surface area contributed by atoms with Crippen LogP contribution in [-0.4, -0.2) is 51.8 Å². The Balaban J connectivity index is 2.39. The lowest BCUT2D eigenvalue weighted by Gasteiger charge is -2.11. The average molecular weight is 368 g/mol. The minimum Gasteiger partial charge on any atom is -0.423 e. The summed E-state index contributed by atoms with van der Waals surface area (Å²) < 4.78 is 45.1. The van der Waals surface area contributed by atoms with E-state index in [1.165, 1.54) is 0 Å². The van der Waals surface area contributed by atoms with Crippen molar-refractivity contribution in [3.05, 3.63) is 11.6 Å². The summed E-state index contributed by atoms with van der Waals surface area (Å²) in [4.78, 5) is 0. The third kappa shape index (κ3) is 1.92. The highest BCUT2D eigenvalue weighted by Gasteiger charge is 2.33. The van der Waals surface area contributed by atoms with Crippen LogP contribution in [-0.2, 0) is 0 Å². The van der Waals surface area contributed by atoms with Crippen molar-refractivity contribution in [2.24, 2.45) is 0 Å². The van der Waals surface area contributed by atoms with Crippen molar-refractivity contribution >= 4 is 81.5 Å². The second kappa shape index (κ2) is 5.34. The predicted octanol–water partition coefficient (Wildman–Crippen LogP) is -1.51. The van der Waals surface area contributed by atoms with Crippen molar-refractivity contribution in [2.75, 3.05) is 0 Å². The van der Waals surface area contributed by atoms with Crippen molar-refractivity contribution in [1.29, 1.82) is 0 Å². The molecule has 0 atom stereocenters. The molecule has 0 fully saturated rings. The first kappa shape index (κ1) is 15.7.